The van der Waals surface area contributed by atoms with Gasteiger partial charge >= 0.3 is 5.97 Å². The molecule has 0 amide bonds. The SMILES string of the molecule is CCOC(=O)/C(C)=C/C=C/C(C)=C/C=C/C=C(\C)C=O. The molecule has 0 aromatic rings. The fourth-order valence-corrected chi connectivity index (χ4v) is 1.17. The van der Waals surface area contributed by atoms with Crippen LogP contribution in [0.2, 0.25) is 0 Å². The lowest BCUT2D eigenvalue weighted by molar-refractivity contribution is -0.138. The number of aldehydes is 1. The second-order valence-electron chi connectivity index (χ2n) is 4.25. The zero-order valence-electron chi connectivity index (χ0n) is 12.6. The summed E-state index contributed by atoms with van der Waals surface area (Å²) in [7, 11) is 0. The van der Waals surface area contributed by atoms with Gasteiger partial charge in [-0.25, -0.2) is 4.79 Å². The normalized spacial score (nSPS) is 14.1. The Morgan fingerprint density at radius 2 is 1.55 bits per heavy atom. The molecule has 0 unspecified atom stereocenters. The van der Waals surface area contributed by atoms with Crippen molar-refractivity contribution in [2.45, 2.75) is 27.7 Å². The predicted octanol–water partition coefficient (Wildman–Crippen LogP) is 3.70. The molecule has 0 aromatic heterocycles. The third kappa shape index (κ3) is 8.86. The van der Waals surface area contributed by atoms with Gasteiger partial charge in [0, 0.05) is 5.57 Å². The smallest absolute Gasteiger partial charge is 0.333 e. The first kappa shape index (κ1) is 17.8. The highest BCUT2D eigenvalue weighted by molar-refractivity contribution is 5.88. The summed E-state index contributed by atoms with van der Waals surface area (Å²) in [6.45, 7) is 7.57. The Morgan fingerprint density at radius 1 is 0.950 bits per heavy atom. The molecule has 0 aliphatic rings. The van der Waals surface area contributed by atoms with Crippen LogP contribution in [0.25, 0.3) is 0 Å². The second-order valence-corrected chi connectivity index (χ2v) is 4.25. The summed E-state index contributed by atoms with van der Waals surface area (Å²) in [6, 6.07) is 0. The topological polar surface area (TPSA) is 43.4 Å². The molecular weight excluding hydrogens is 252 g/mol. The third-order valence-electron chi connectivity index (χ3n) is 2.32. The summed E-state index contributed by atoms with van der Waals surface area (Å²) in [5.41, 5.74) is 2.28. The maximum absolute atomic E-state index is 11.3. The number of carbonyl (C=O) groups excluding carboxylic acids is 2. The van der Waals surface area contributed by atoms with Crippen LogP contribution in [0.15, 0.2) is 59.3 Å². The van der Waals surface area contributed by atoms with Gasteiger partial charge in [-0.15, -0.1) is 0 Å². The van der Waals surface area contributed by atoms with Crippen molar-refractivity contribution in [2.75, 3.05) is 6.61 Å². The zero-order chi connectivity index (χ0) is 15.4. The van der Waals surface area contributed by atoms with E-state index in [2.05, 4.69) is 0 Å². The molecule has 0 atom stereocenters. The Labute approximate surface area is 121 Å². The lowest BCUT2D eigenvalue weighted by Crippen LogP contribution is -2.04. The number of ether oxygens (including phenoxy) is 1. The van der Waals surface area contributed by atoms with Gasteiger partial charge < -0.3 is 4.74 Å². The summed E-state index contributed by atoms with van der Waals surface area (Å²) >= 11 is 0. The average molecular weight is 274 g/mol. The summed E-state index contributed by atoms with van der Waals surface area (Å²) in [6.07, 6.45) is 13.5. The highest BCUT2D eigenvalue weighted by atomic mass is 16.5. The van der Waals surface area contributed by atoms with E-state index in [4.69, 9.17) is 4.74 Å². The Balaban J connectivity index is 4.49. The number of hydrogen-bond acceptors (Lipinski definition) is 3. The van der Waals surface area contributed by atoms with E-state index in [1.165, 1.54) is 0 Å². The van der Waals surface area contributed by atoms with Crippen LogP contribution in [0.5, 0.6) is 0 Å². The maximum Gasteiger partial charge on any atom is 0.333 e. The Kier molecular flexibility index (Phi) is 9.57. The van der Waals surface area contributed by atoms with Crippen LogP contribution in [-0.2, 0) is 14.3 Å². The minimum atomic E-state index is -0.298. The van der Waals surface area contributed by atoms with E-state index in [-0.39, 0.29) is 5.97 Å². The highest BCUT2D eigenvalue weighted by Gasteiger charge is 2.01. The van der Waals surface area contributed by atoms with Crippen molar-refractivity contribution < 1.29 is 14.3 Å². The van der Waals surface area contributed by atoms with Crippen molar-refractivity contribution >= 4 is 12.3 Å². The standard InChI is InChI=1S/C17H22O3/c1-5-20-17(19)16(4)12-8-11-14(2)9-6-7-10-15(3)13-18/h6-13H,5H2,1-4H3/b7-6+,11-8+,14-9+,15-10+,16-12+. The Bertz CT molecular complexity index is 474. The molecule has 0 aromatic carbocycles. The molecule has 3 heteroatoms. The van der Waals surface area contributed by atoms with Crippen LogP contribution in [0.3, 0.4) is 0 Å². The molecule has 0 aliphatic heterocycles. The van der Waals surface area contributed by atoms with Gasteiger partial charge in [0.2, 0.25) is 0 Å². The molecule has 3 nitrogen and oxygen atoms in total. The number of rotatable bonds is 7. The molecule has 0 bridgehead atoms. The molecule has 20 heavy (non-hydrogen) atoms. The summed E-state index contributed by atoms with van der Waals surface area (Å²) in [5, 5.41) is 0. The largest absolute Gasteiger partial charge is 0.463 e. The highest BCUT2D eigenvalue weighted by Crippen LogP contribution is 2.00. The number of esters is 1. The molecule has 0 rings (SSSR count). The van der Waals surface area contributed by atoms with E-state index >= 15 is 0 Å². The Hall–Kier alpha value is -2.16. The fraction of sp³-hybridized carbons (Fsp3) is 0.294. The van der Waals surface area contributed by atoms with Crippen LogP contribution >= 0.6 is 0 Å². The first-order chi connectivity index (χ1) is 9.51. The summed E-state index contributed by atoms with van der Waals surface area (Å²) < 4.78 is 4.87. The molecule has 0 heterocycles. The van der Waals surface area contributed by atoms with Gasteiger partial charge in [-0.2, -0.15) is 0 Å². The number of allylic oxidation sites excluding steroid dienone is 9. The first-order valence-electron chi connectivity index (χ1n) is 6.50. The molecule has 0 saturated heterocycles. The van der Waals surface area contributed by atoms with Crippen molar-refractivity contribution in [1.29, 1.82) is 0 Å². The maximum atomic E-state index is 11.3. The van der Waals surface area contributed by atoms with E-state index in [1.807, 2.05) is 25.2 Å². The minimum Gasteiger partial charge on any atom is -0.463 e. The van der Waals surface area contributed by atoms with Gasteiger partial charge in [-0.3, -0.25) is 4.79 Å². The molecule has 0 N–H and O–H groups in total. The van der Waals surface area contributed by atoms with Gasteiger partial charge in [-0.1, -0.05) is 48.1 Å². The van der Waals surface area contributed by atoms with Crippen molar-refractivity contribution in [1.82, 2.24) is 0 Å². The molecule has 0 fully saturated rings. The third-order valence-corrected chi connectivity index (χ3v) is 2.32. The van der Waals surface area contributed by atoms with Gasteiger partial charge in [0.05, 0.1) is 6.61 Å². The van der Waals surface area contributed by atoms with Gasteiger partial charge in [-0.05, 0) is 33.3 Å². The van der Waals surface area contributed by atoms with Gasteiger partial charge in [0.25, 0.3) is 0 Å². The molecule has 0 spiro atoms. The van der Waals surface area contributed by atoms with Crippen LogP contribution < -0.4 is 0 Å². The van der Waals surface area contributed by atoms with Gasteiger partial charge in [0.1, 0.15) is 6.29 Å². The molecular formula is C17H22O3. The second kappa shape index (κ2) is 10.7. The van der Waals surface area contributed by atoms with E-state index in [9.17, 15) is 9.59 Å². The van der Waals surface area contributed by atoms with Crippen LogP contribution in [0.4, 0.5) is 0 Å². The van der Waals surface area contributed by atoms with Crippen LogP contribution in [-0.4, -0.2) is 18.9 Å². The zero-order valence-corrected chi connectivity index (χ0v) is 12.6. The van der Waals surface area contributed by atoms with E-state index in [0.29, 0.717) is 17.8 Å². The van der Waals surface area contributed by atoms with Gasteiger partial charge in [0.15, 0.2) is 0 Å². The van der Waals surface area contributed by atoms with E-state index in [0.717, 1.165) is 11.9 Å². The fourth-order valence-electron chi connectivity index (χ4n) is 1.17. The van der Waals surface area contributed by atoms with Crippen molar-refractivity contribution in [2.24, 2.45) is 0 Å². The first-order valence-corrected chi connectivity index (χ1v) is 6.50. The lowest BCUT2D eigenvalue weighted by Gasteiger charge is -1.99. The predicted molar refractivity (Wildman–Crippen MR) is 82.2 cm³/mol. The number of hydrogen-bond donors (Lipinski definition) is 0. The average Bonchev–Trinajstić information content (AvgIpc) is 2.43. The van der Waals surface area contributed by atoms with Crippen molar-refractivity contribution in [3.05, 3.63) is 59.3 Å². The van der Waals surface area contributed by atoms with Crippen LogP contribution in [0.1, 0.15) is 27.7 Å². The summed E-state index contributed by atoms with van der Waals surface area (Å²) in [4.78, 5) is 21.7. The monoisotopic (exact) mass is 274 g/mol. The van der Waals surface area contributed by atoms with E-state index in [1.54, 1.807) is 45.1 Å². The summed E-state index contributed by atoms with van der Waals surface area (Å²) in [5.74, 6) is -0.298. The minimum absolute atomic E-state index is 0.298. The Morgan fingerprint density at radius 3 is 2.10 bits per heavy atom. The van der Waals surface area contributed by atoms with Crippen molar-refractivity contribution in [3.63, 3.8) is 0 Å². The molecule has 108 valence electrons. The van der Waals surface area contributed by atoms with E-state index < -0.39 is 0 Å². The molecule has 0 saturated carbocycles. The molecule has 0 aliphatic carbocycles. The number of carbonyl (C=O) groups is 2. The van der Waals surface area contributed by atoms with Crippen molar-refractivity contribution in [3.8, 4) is 0 Å². The van der Waals surface area contributed by atoms with Crippen LogP contribution in [0, 0.1) is 0 Å². The lowest BCUT2D eigenvalue weighted by atomic mass is 10.2. The quantitative estimate of drug-likeness (QED) is 0.308. The molecule has 0 radical (unpaired) electrons.